The number of guanidine groups is 1. The van der Waals surface area contributed by atoms with Gasteiger partial charge in [0.05, 0.1) is 9.82 Å². The third-order valence-electron chi connectivity index (χ3n) is 4.13. The third-order valence-corrected chi connectivity index (χ3v) is 5.59. The Bertz CT molecular complexity index is 955. The highest BCUT2D eigenvalue weighted by Gasteiger charge is 2.17. The molecule has 170 valence electrons. The molecule has 9 nitrogen and oxygen atoms in total. The topological polar surface area (TPSA) is 126 Å². The summed E-state index contributed by atoms with van der Waals surface area (Å²) in [5, 5.41) is 17.0. The molecule has 0 unspecified atom stereocenters. The Morgan fingerprint density at radius 1 is 1.06 bits per heavy atom. The van der Waals surface area contributed by atoms with Crippen LogP contribution in [-0.4, -0.2) is 45.5 Å². The standard InChI is InChI=1S/C20H27N5O4S.HI/c1-2-21-20(22-13-7-10-17-8-4-3-5-9-17)23-14-15-24-30(28,29)19-12-6-11-18(16-19)25(26)27;/h3-6,8-9,11-12,16,24H,2,7,10,13-15H2,1H3,(H2,21,22,23);1H. The number of aryl methyl sites for hydroxylation is 1. The maximum absolute atomic E-state index is 12.3. The van der Waals surface area contributed by atoms with Crippen molar-refractivity contribution in [1.82, 2.24) is 15.4 Å². The summed E-state index contributed by atoms with van der Waals surface area (Å²) in [5.41, 5.74) is 0.995. The summed E-state index contributed by atoms with van der Waals surface area (Å²) >= 11 is 0. The van der Waals surface area contributed by atoms with Crippen molar-refractivity contribution in [2.45, 2.75) is 24.7 Å². The molecule has 0 spiro atoms. The lowest BCUT2D eigenvalue weighted by Crippen LogP contribution is -2.41. The Balaban J connectivity index is 0.00000480. The highest BCUT2D eigenvalue weighted by atomic mass is 127. The van der Waals surface area contributed by atoms with Crippen molar-refractivity contribution >= 4 is 45.6 Å². The Morgan fingerprint density at radius 2 is 1.81 bits per heavy atom. The highest BCUT2D eigenvalue weighted by Crippen LogP contribution is 2.16. The fourth-order valence-electron chi connectivity index (χ4n) is 2.67. The quantitative estimate of drug-likeness (QED) is 0.0968. The van der Waals surface area contributed by atoms with Crippen LogP contribution in [0.5, 0.6) is 0 Å². The van der Waals surface area contributed by atoms with Crippen molar-refractivity contribution in [2.24, 2.45) is 4.99 Å². The Hall–Kier alpha value is -2.25. The van der Waals surface area contributed by atoms with Gasteiger partial charge in [0.1, 0.15) is 0 Å². The minimum absolute atomic E-state index is 0. The van der Waals surface area contributed by atoms with Crippen LogP contribution in [0.1, 0.15) is 18.9 Å². The van der Waals surface area contributed by atoms with Crippen LogP contribution in [0.2, 0.25) is 0 Å². The van der Waals surface area contributed by atoms with Crippen LogP contribution in [0, 0.1) is 10.1 Å². The zero-order valence-electron chi connectivity index (χ0n) is 17.3. The van der Waals surface area contributed by atoms with Crippen molar-refractivity contribution in [2.75, 3.05) is 26.2 Å². The number of sulfonamides is 1. The molecule has 2 aromatic rings. The van der Waals surface area contributed by atoms with Gasteiger partial charge < -0.3 is 10.6 Å². The maximum atomic E-state index is 12.3. The van der Waals surface area contributed by atoms with Gasteiger partial charge in [0, 0.05) is 38.3 Å². The summed E-state index contributed by atoms with van der Waals surface area (Å²) < 4.78 is 27.1. The second kappa shape index (κ2) is 13.9. The number of hydrogen-bond donors (Lipinski definition) is 3. The average molecular weight is 561 g/mol. The number of non-ortho nitro benzene ring substituents is 1. The molecule has 0 aliphatic carbocycles. The Morgan fingerprint density at radius 3 is 2.48 bits per heavy atom. The summed E-state index contributed by atoms with van der Waals surface area (Å²) in [6.45, 7) is 3.71. The molecule has 0 atom stereocenters. The number of nitrogens with zero attached hydrogens (tertiary/aromatic N) is 2. The van der Waals surface area contributed by atoms with E-state index >= 15 is 0 Å². The molecule has 0 heterocycles. The van der Waals surface area contributed by atoms with E-state index in [4.69, 9.17) is 0 Å². The van der Waals surface area contributed by atoms with Gasteiger partial charge in [-0.05, 0) is 31.4 Å². The maximum Gasteiger partial charge on any atom is 0.270 e. The summed E-state index contributed by atoms with van der Waals surface area (Å²) in [6, 6.07) is 15.1. The van der Waals surface area contributed by atoms with Crippen molar-refractivity contribution in [3.05, 3.63) is 70.3 Å². The number of hydrogen-bond acceptors (Lipinski definition) is 5. The predicted molar refractivity (Wildman–Crippen MR) is 132 cm³/mol. The first-order valence-electron chi connectivity index (χ1n) is 9.72. The zero-order valence-corrected chi connectivity index (χ0v) is 20.4. The molecule has 0 aliphatic heterocycles. The van der Waals surface area contributed by atoms with E-state index in [9.17, 15) is 18.5 Å². The monoisotopic (exact) mass is 561 g/mol. The number of nitro groups is 1. The fourth-order valence-corrected chi connectivity index (χ4v) is 3.75. The summed E-state index contributed by atoms with van der Waals surface area (Å²) in [6.07, 6.45) is 1.84. The van der Waals surface area contributed by atoms with E-state index in [1.54, 1.807) is 0 Å². The number of benzene rings is 2. The van der Waals surface area contributed by atoms with E-state index in [0.717, 1.165) is 18.9 Å². The minimum atomic E-state index is -3.83. The van der Waals surface area contributed by atoms with Crippen molar-refractivity contribution in [1.29, 1.82) is 0 Å². The molecule has 0 aromatic heterocycles. The van der Waals surface area contributed by atoms with Gasteiger partial charge >= 0.3 is 0 Å². The molecule has 0 fully saturated rings. The number of aliphatic imine (C=N–C) groups is 1. The lowest BCUT2D eigenvalue weighted by Gasteiger charge is -2.12. The van der Waals surface area contributed by atoms with Crippen molar-refractivity contribution in [3.63, 3.8) is 0 Å². The van der Waals surface area contributed by atoms with Crippen molar-refractivity contribution in [3.8, 4) is 0 Å². The van der Waals surface area contributed by atoms with Crippen LogP contribution in [0.4, 0.5) is 5.69 Å². The van der Waals surface area contributed by atoms with Gasteiger partial charge in [-0.25, -0.2) is 13.1 Å². The van der Waals surface area contributed by atoms with Gasteiger partial charge in [-0.15, -0.1) is 24.0 Å². The second-order valence-corrected chi connectivity index (χ2v) is 8.20. The molecule has 0 radical (unpaired) electrons. The third kappa shape index (κ3) is 9.61. The smallest absolute Gasteiger partial charge is 0.270 e. The largest absolute Gasteiger partial charge is 0.357 e. The summed E-state index contributed by atoms with van der Waals surface area (Å²) in [4.78, 5) is 14.6. The average Bonchev–Trinajstić information content (AvgIpc) is 2.75. The molecule has 2 rings (SSSR count). The summed E-state index contributed by atoms with van der Waals surface area (Å²) in [5.74, 6) is 0.611. The highest BCUT2D eigenvalue weighted by molar-refractivity contribution is 14.0. The first-order valence-corrected chi connectivity index (χ1v) is 11.2. The van der Waals surface area contributed by atoms with Gasteiger partial charge in [0.2, 0.25) is 10.0 Å². The van der Waals surface area contributed by atoms with Gasteiger partial charge in [0.25, 0.3) is 5.69 Å². The SMILES string of the molecule is CCNC(=NCCCc1ccccc1)NCCNS(=O)(=O)c1cccc([N+](=O)[O-])c1.I. The van der Waals surface area contributed by atoms with Gasteiger partial charge in [-0.3, -0.25) is 15.1 Å². The molecule has 0 saturated carbocycles. The van der Waals surface area contributed by atoms with Gasteiger partial charge in [-0.1, -0.05) is 36.4 Å². The molecular formula is C20H28IN5O4S. The molecule has 2 aromatic carbocycles. The number of rotatable bonds is 11. The molecule has 0 aliphatic rings. The van der Waals surface area contributed by atoms with Crippen LogP contribution in [0.25, 0.3) is 0 Å². The lowest BCUT2D eigenvalue weighted by molar-refractivity contribution is -0.385. The predicted octanol–water partition coefficient (Wildman–Crippen LogP) is 2.68. The van der Waals surface area contributed by atoms with E-state index in [1.165, 1.54) is 23.8 Å². The first kappa shape index (κ1) is 26.8. The lowest BCUT2D eigenvalue weighted by atomic mass is 10.1. The van der Waals surface area contributed by atoms with Gasteiger partial charge in [-0.2, -0.15) is 0 Å². The number of nitrogens with one attached hydrogen (secondary N) is 3. The van der Waals surface area contributed by atoms with Crippen LogP contribution >= 0.6 is 24.0 Å². The molecule has 31 heavy (non-hydrogen) atoms. The van der Waals surface area contributed by atoms with Crippen LogP contribution in [-0.2, 0) is 16.4 Å². The molecule has 11 heteroatoms. The van der Waals surface area contributed by atoms with E-state index in [1.807, 2.05) is 25.1 Å². The van der Waals surface area contributed by atoms with Crippen LogP contribution in [0.15, 0.2) is 64.5 Å². The van der Waals surface area contributed by atoms with E-state index < -0.39 is 14.9 Å². The fraction of sp³-hybridized carbons (Fsp3) is 0.350. The normalized spacial score (nSPS) is 11.5. The van der Waals surface area contributed by atoms with Crippen molar-refractivity contribution < 1.29 is 13.3 Å². The summed E-state index contributed by atoms with van der Waals surface area (Å²) in [7, 11) is -3.83. The molecule has 3 N–H and O–H groups in total. The Labute approximate surface area is 200 Å². The van der Waals surface area contributed by atoms with Crippen LogP contribution in [0.3, 0.4) is 0 Å². The Kier molecular flexibility index (Phi) is 12.0. The van der Waals surface area contributed by atoms with E-state index in [-0.39, 0.29) is 41.1 Å². The van der Waals surface area contributed by atoms with Gasteiger partial charge in [0.15, 0.2) is 5.96 Å². The number of halogens is 1. The molecule has 0 amide bonds. The second-order valence-electron chi connectivity index (χ2n) is 6.43. The number of nitro benzene ring substituents is 1. The zero-order chi connectivity index (χ0) is 21.8. The van der Waals surface area contributed by atoms with E-state index in [0.29, 0.717) is 25.6 Å². The minimum Gasteiger partial charge on any atom is -0.357 e. The van der Waals surface area contributed by atoms with Crippen LogP contribution < -0.4 is 15.4 Å². The van der Waals surface area contributed by atoms with E-state index in [2.05, 4.69) is 32.5 Å². The molecular weight excluding hydrogens is 533 g/mol. The molecule has 0 bridgehead atoms. The first-order chi connectivity index (χ1) is 14.4. The molecule has 0 saturated heterocycles.